The molecule has 8 nitrogen and oxygen atoms in total. The monoisotopic (exact) mass is 393 g/mol. The second-order valence-electron chi connectivity index (χ2n) is 6.39. The molecular formula is C21H19N3O5. The van der Waals surface area contributed by atoms with Crippen molar-refractivity contribution >= 4 is 29.2 Å². The van der Waals surface area contributed by atoms with Crippen molar-refractivity contribution in [3.8, 4) is 11.8 Å². The number of carbonyl (C=O) groups is 3. The van der Waals surface area contributed by atoms with Gasteiger partial charge in [-0.15, -0.1) is 0 Å². The fraction of sp³-hybridized carbons (Fsp3) is 0.238. The molecule has 0 radical (unpaired) electrons. The smallest absolute Gasteiger partial charge is 0.311 e. The molecule has 1 N–H and O–H groups in total. The molecule has 2 aromatic rings. The molecule has 2 aromatic carbocycles. The number of amides is 2. The molecule has 1 atom stereocenters. The van der Waals surface area contributed by atoms with E-state index in [1.807, 2.05) is 6.07 Å². The molecule has 0 unspecified atom stereocenters. The molecule has 0 aliphatic carbocycles. The van der Waals surface area contributed by atoms with Crippen molar-refractivity contribution in [2.24, 2.45) is 5.92 Å². The number of hydrogen-bond acceptors (Lipinski definition) is 6. The molecule has 0 saturated carbocycles. The highest BCUT2D eigenvalue weighted by atomic mass is 16.5. The molecule has 1 fully saturated rings. The van der Waals surface area contributed by atoms with Crippen LogP contribution in [0.5, 0.6) is 5.75 Å². The quantitative estimate of drug-likeness (QED) is 0.753. The number of para-hydroxylation sites is 3. The summed E-state index contributed by atoms with van der Waals surface area (Å²) in [5.74, 6) is -1.55. The second-order valence-corrected chi connectivity index (χ2v) is 6.39. The lowest BCUT2D eigenvalue weighted by molar-refractivity contribution is -0.151. The zero-order chi connectivity index (χ0) is 20.8. The van der Waals surface area contributed by atoms with Gasteiger partial charge in [0.25, 0.3) is 5.91 Å². The first-order chi connectivity index (χ1) is 14.0. The van der Waals surface area contributed by atoms with Crippen LogP contribution in [0.25, 0.3) is 0 Å². The minimum atomic E-state index is -0.674. The summed E-state index contributed by atoms with van der Waals surface area (Å²) < 4.78 is 10.3. The number of rotatable bonds is 6. The number of methoxy groups -OCH3 is 1. The van der Waals surface area contributed by atoms with E-state index in [0.717, 1.165) is 0 Å². The standard InChI is InChI=1S/C21H19N3O5/c1-28-18-9-5-4-8-17(18)24-12-15(10-20(24)26)21(27)29-13-19(25)23-16-7-3-2-6-14(16)11-22/h2-9,15H,10,12-13H2,1H3,(H,23,25)/t15-/m0/s1. The minimum Gasteiger partial charge on any atom is -0.495 e. The van der Waals surface area contributed by atoms with E-state index in [-0.39, 0.29) is 18.9 Å². The van der Waals surface area contributed by atoms with Crippen molar-refractivity contribution in [1.82, 2.24) is 0 Å². The molecule has 1 aliphatic heterocycles. The van der Waals surface area contributed by atoms with E-state index in [4.69, 9.17) is 14.7 Å². The topological polar surface area (TPSA) is 109 Å². The molecule has 2 amide bonds. The maximum absolute atomic E-state index is 12.4. The van der Waals surface area contributed by atoms with Crippen molar-refractivity contribution in [2.75, 3.05) is 30.5 Å². The fourth-order valence-electron chi connectivity index (χ4n) is 3.08. The number of anilines is 2. The summed E-state index contributed by atoms with van der Waals surface area (Å²) in [5, 5.41) is 11.6. The summed E-state index contributed by atoms with van der Waals surface area (Å²) in [6.45, 7) is -0.352. The molecule has 3 rings (SSSR count). The minimum absolute atomic E-state index is 0.00420. The Balaban J connectivity index is 1.57. The van der Waals surface area contributed by atoms with Crippen molar-refractivity contribution < 1.29 is 23.9 Å². The van der Waals surface area contributed by atoms with Gasteiger partial charge in [0.1, 0.15) is 11.8 Å². The lowest BCUT2D eigenvalue weighted by Crippen LogP contribution is -2.28. The molecule has 1 aliphatic rings. The van der Waals surface area contributed by atoms with Crippen LogP contribution in [-0.2, 0) is 19.1 Å². The van der Waals surface area contributed by atoms with Gasteiger partial charge < -0.3 is 19.7 Å². The van der Waals surface area contributed by atoms with Gasteiger partial charge in [0.15, 0.2) is 6.61 Å². The van der Waals surface area contributed by atoms with Gasteiger partial charge in [0.2, 0.25) is 5.91 Å². The van der Waals surface area contributed by atoms with E-state index in [9.17, 15) is 14.4 Å². The Morgan fingerprint density at radius 2 is 1.93 bits per heavy atom. The zero-order valence-corrected chi connectivity index (χ0v) is 15.8. The SMILES string of the molecule is COc1ccccc1N1C[C@@H](C(=O)OCC(=O)Nc2ccccc2C#N)CC1=O. The first kappa shape index (κ1) is 19.9. The summed E-state index contributed by atoms with van der Waals surface area (Å²) >= 11 is 0. The maximum atomic E-state index is 12.4. The first-order valence-electron chi connectivity index (χ1n) is 8.92. The Morgan fingerprint density at radius 1 is 1.21 bits per heavy atom. The van der Waals surface area contributed by atoms with Crippen LogP contribution in [-0.4, -0.2) is 38.0 Å². The molecule has 29 heavy (non-hydrogen) atoms. The number of nitriles is 1. The van der Waals surface area contributed by atoms with Gasteiger partial charge in [-0.1, -0.05) is 24.3 Å². The van der Waals surface area contributed by atoms with Gasteiger partial charge in [-0.2, -0.15) is 5.26 Å². The summed E-state index contributed by atoms with van der Waals surface area (Å²) in [4.78, 5) is 38.2. The van der Waals surface area contributed by atoms with Gasteiger partial charge in [-0.3, -0.25) is 14.4 Å². The van der Waals surface area contributed by atoms with Crippen molar-refractivity contribution in [3.05, 3.63) is 54.1 Å². The highest BCUT2D eigenvalue weighted by molar-refractivity contribution is 6.01. The summed E-state index contributed by atoms with van der Waals surface area (Å²) in [7, 11) is 1.51. The van der Waals surface area contributed by atoms with Crippen LogP contribution in [0.4, 0.5) is 11.4 Å². The van der Waals surface area contributed by atoms with Gasteiger partial charge in [-0.05, 0) is 24.3 Å². The van der Waals surface area contributed by atoms with E-state index in [0.29, 0.717) is 22.7 Å². The number of nitrogens with one attached hydrogen (secondary N) is 1. The highest BCUT2D eigenvalue weighted by Crippen LogP contribution is 2.33. The maximum Gasteiger partial charge on any atom is 0.311 e. The van der Waals surface area contributed by atoms with Crippen LogP contribution in [0.15, 0.2) is 48.5 Å². The molecule has 148 valence electrons. The lowest BCUT2D eigenvalue weighted by atomic mass is 10.1. The largest absolute Gasteiger partial charge is 0.495 e. The molecule has 1 heterocycles. The average molecular weight is 393 g/mol. The van der Waals surface area contributed by atoms with E-state index < -0.39 is 24.4 Å². The molecular weight excluding hydrogens is 374 g/mol. The van der Waals surface area contributed by atoms with E-state index >= 15 is 0 Å². The second kappa shape index (κ2) is 8.89. The van der Waals surface area contributed by atoms with Crippen LogP contribution in [0.1, 0.15) is 12.0 Å². The van der Waals surface area contributed by atoms with Crippen LogP contribution < -0.4 is 15.0 Å². The predicted octanol–water partition coefficient (Wildman–Crippen LogP) is 2.10. The van der Waals surface area contributed by atoms with Gasteiger partial charge in [0.05, 0.1) is 30.0 Å². The summed E-state index contributed by atoms with van der Waals surface area (Å²) in [6.07, 6.45) is -0.00420. The number of carbonyl (C=O) groups excluding carboxylic acids is 3. The molecule has 1 saturated heterocycles. The predicted molar refractivity (Wildman–Crippen MR) is 104 cm³/mol. The third-order valence-electron chi connectivity index (χ3n) is 4.50. The van der Waals surface area contributed by atoms with Crippen LogP contribution in [0.3, 0.4) is 0 Å². The number of esters is 1. The Labute approximate surface area is 167 Å². The van der Waals surface area contributed by atoms with Crippen molar-refractivity contribution in [2.45, 2.75) is 6.42 Å². The number of benzene rings is 2. The van der Waals surface area contributed by atoms with Crippen LogP contribution in [0.2, 0.25) is 0 Å². The number of hydrogen-bond donors (Lipinski definition) is 1. The fourth-order valence-corrected chi connectivity index (χ4v) is 3.08. The van der Waals surface area contributed by atoms with E-state index in [1.54, 1.807) is 48.5 Å². The average Bonchev–Trinajstić information content (AvgIpc) is 3.13. The molecule has 8 heteroatoms. The Hall–Kier alpha value is -3.86. The third-order valence-corrected chi connectivity index (χ3v) is 4.50. The van der Waals surface area contributed by atoms with Gasteiger partial charge >= 0.3 is 5.97 Å². The molecule has 0 aromatic heterocycles. The normalized spacial score (nSPS) is 15.5. The lowest BCUT2D eigenvalue weighted by Gasteiger charge is -2.19. The first-order valence-corrected chi connectivity index (χ1v) is 8.92. The van der Waals surface area contributed by atoms with Crippen molar-refractivity contribution in [1.29, 1.82) is 5.26 Å². The Bertz CT molecular complexity index is 982. The summed E-state index contributed by atoms with van der Waals surface area (Å²) in [5.41, 5.74) is 1.23. The van der Waals surface area contributed by atoms with Crippen LogP contribution >= 0.6 is 0 Å². The van der Waals surface area contributed by atoms with Gasteiger partial charge in [-0.25, -0.2) is 0 Å². The molecule has 0 bridgehead atoms. The van der Waals surface area contributed by atoms with E-state index in [2.05, 4.69) is 5.32 Å². The van der Waals surface area contributed by atoms with E-state index in [1.165, 1.54) is 12.0 Å². The number of ether oxygens (including phenoxy) is 2. The number of nitrogens with zero attached hydrogens (tertiary/aromatic N) is 2. The Kier molecular flexibility index (Phi) is 6.09. The third kappa shape index (κ3) is 4.52. The summed E-state index contributed by atoms with van der Waals surface area (Å²) in [6, 6.07) is 15.5. The highest BCUT2D eigenvalue weighted by Gasteiger charge is 2.37. The molecule has 0 spiro atoms. The zero-order valence-electron chi connectivity index (χ0n) is 15.8. The van der Waals surface area contributed by atoms with Crippen molar-refractivity contribution in [3.63, 3.8) is 0 Å². The Morgan fingerprint density at radius 3 is 2.69 bits per heavy atom. The van der Waals surface area contributed by atoms with Crippen LogP contribution in [0, 0.1) is 17.2 Å². The van der Waals surface area contributed by atoms with Gasteiger partial charge in [0, 0.05) is 13.0 Å².